The van der Waals surface area contributed by atoms with Crippen LogP contribution in [0.2, 0.25) is 0 Å². The fourth-order valence-corrected chi connectivity index (χ4v) is 8.56. The Bertz CT molecular complexity index is 1450. The molecule has 0 saturated carbocycles. The van der Waals surface area contributed by atoms with Gasteiger partial charge < -0.3 is 19.3 Å². The Morgan fingerprint density at radius 2 is 0.892 bits per heavy atom. The lowest BCUT2D eigenvalue weighted by Gasteiger charge is -2.16. The molecule has 1 unspecified atom stereocenters. The number of quaternary nitrogens is 1. The van der Waals surface area contributed by atoms with Crippen LogP contribution in [0.25, 0.3) is 0 Å². The minimum absolute atomic E-state index is 0.00284. The number of unbranched alkanes of at least 4 members (excludes halogenated alkanes) is 24. The lowest BCUT2D eigenvalue weighted by Crippen LogP contribution is -2.58. The third-order valence-corrected chi connectivity index (χ3v) is 12.7. The molecule has 0 aliphatic rings. The van der Waals surface area contributed by atoms with E-state index in [1.54, 1.807) is 30.5 Å². The Balaban J connectivity index is 2.55. The topological polar surface area (TPSA) is 153 Å². The van der Waals surface area contributed by atoms with Crippen LogP contribution in [-0.2, 0) is 32.5 Å². The SMILES string of the molecule is CCCCCCCC/C=C\CCCCCCCC(=O)OP(=O)(OC(=O)CCCCCCC/C=C\CCCCCCCC)OC(=O)CCN=Cc1ccc(C(=O)CCCCCC(C)[NH3+])cc1. The number of allylic oxidation sites excluding steroid dienone is 4. The van der Waals surface area contributed by atoms with Gasteiger partial charge in [0, 0.05) is 37.6 Å². The molecule has 0 radical (unpaired) electrons. The van der Waals surface area contributed by atoms with Gasteiger partial charge in [-0.05, 0) is 96.0 Å². The molecule has 0 saturated heterocycles. The number of rotatable bonds is 44. The summed E-state index contributed by atoms with van der Waals surface area (Å²) in [6, 6.07) is 7.54. The second-order valence-electron chi connectivity index (χ2n) is 18.0. The summed E-state index contributed by atoms with van der Waals surface area (Å²) in [7, 11) is -4.86. The number of hydrogen-bond donors (Lipinski definition) is 1. The van der Waals surface area contributed by atoms with E-state index in [4.69, 9.17) is 13.6 Å². The van der Waals surface area contributed by atoms with Crippen LogP contribution < -0.4 is 5.73 Å². The molecular formula is C54H92N2O8P+. The Morgan fingerprint density at radius 3 is 1.32 bits per heavy atom. The van der Waals surface area contributed by atoms with E-state index in [1.165, 1.54) is 77.0 Å². The van der Waals surface area contributed by atoms with E-state index in [0.29, 0.717) is 30.9 Å². The van der Waals surface area contributed by atoms with Gasteiger partial charge in [-0.2, -0.15) is 4.57 Å². The Labute approximate surface area is 395 Å². The van der Waals surface area contributed by atoms with Gasteiger partial charge in [-0.25, -0.2) is 0 Å². The molecule has 65 heavy (non-hydrogen) atoms. The Morgan fingerprint density at radius 1 is 0.523 bits per heavy atom. The lowest BCUT2D eigenvalue weighted by molar-refractivity contribution is -0.415. The van der Waals surface area contributed by atoms with E-state index in [0.717, 1.165) is 108 Å². The van der Waals surface area contributed by atoms with E-state index in [-0.39, 0.29) is 31.6 Å². The third kappa shape index (κ3) is 37.4. The molecule has 0 fully saturated rings. The van der Waals surface area contributed by atoms with E-state index in [9.17, 15) is 23.7 Å². The van der Waals surface area contributed by atoms with Crippen molar-refractivity contribution in [1.82, 2.24) is 0 Å². The van der Waals surface area contributed by atoms with Crippen molar-refractivity contribution >= 4 is 37.7 Å². The first-order valence-electron chi connectivity index (χ1n) is 26.1. The average molecular weight is 928 g/mol. The fraction of sp³-hybridized carbons (Fsp3) is 0.722. The highest BCUT2D eigenvalue weighted by Crippen LogP contribution is 2.51. The molecule has 0 heterocycles. The average Bonchev–Trinajstić information content (AvgIpc) is 3.27. The van der Waals surface area contributed by atoms with E-state index < -0.39 is 25.7 Å². The summed E-state index contributed by atoms with van der Waals surface area (Å²) in [4.78, 5) is 55.3. The van der Waals surface area contributed by atoms with Gasteiger partial charge in [0.15, 0.2) is 5.78 Å². The molecular weight excluding hydrogens is 836 g/mol. The number of hydrogen-bond acceptors (Lipinski definition) is 9. The maximum atomic E-state index is 13.6. The van der Waals surface area contributed by atoms with Crippen LogP contribution in [0, 0.1) is 0 Å². The number of benzene rings is 1. The molecule has 11 heteroatoms. The summed E-state index contributed by atoms with van der Waals surface area (Å²) in [5, 5.41) is 0. The molecule has 370 valence electrons. The van der Waals surface area contributed by atoms with Gasteiger partial charge in [-0.15, -0.1) is 0 Å². The van der Waals surface area contributed by atoms with Crippen LogP contribution in [0.3, 0.4) is 0 Å². The van der Waals surface area contributed by atoms with Gasteiger partial charge in [-0.1, -0.05) is 172 Å². The maximum absolute atomic E-state index is 13.6. The van der Waals surface area contributed by atoms with Gasteiger partial charge in [0.05, 0.1) is 12.5 Å². The number of nitrogens with zero attached hydrogens (tertiary/aromatic N) is 1. The van der Waals surface area contributed by atoms with Crippen molar-refractivity contribution in [1.29, 1.82) is 0 Å². The molecule has 0 aliphatic heterocycles. The highest BCUT2D eigenvalue weighted by Gasteiger charge is 2.39. The van der Waals surface area contributed by atoms with Gasteiger partial charge in [0.2, 0.25) is 0 Å². The highest BCUT2D eigenvalue weighted by atomic mass is 31.2. The zero-order chi connectivity index (χ0) is 47.5. The molecule has 0 aliphatic carbocycles. The summed E-state index contributed by atoms with van der Waals surface area (Å²) in [5.74, 6) is -2.53. The molecule has 0 bridgehead atoms. The molecule has 1 rings (SSSR count). The van der Waals surface area contributed by atoms with Crippen LogP contribution in [-0.4, -0.2) is 42.5 Å². The number of phosphoric acid groups is 1. The van der Waals surface area contributed by atoms with Crippen LogP contribution in [0.4, 0.5) is 0 Å². The van der Waals surface area contributed by atoms with E-state index in [1.807, 2.05) is 0 Å². The van der Waals surface area contributed by atoms with Crippen molar-refractivity contribution < 1.29 is 43.0 Å². The molecule has 1 aromatic carbocycles. The van der Waals surface area contributed by atoms with Crippen LogP contribution >= 0.6 is 7.82 Å². The summed E-state index contributed by atoms with van der Waals surface area (Å²) < 4.78 is 29.0. The number of carbonyl (C=O) groups excluding carboxylic acids is 4. The maximum Gasteiger partial charge on any atom is 0.653 e. The van der Waals surface area contributed by atoms with E-state index >= 15 is 0 Å². The Kier molecular flexibility index (Phi) is 38.6. The molecule has 0 aromatic heterocycles. The van der Waals surface area contributed by atoms with Gasteiger partial charge in [0.1, 0.15) is 0 Å². The van der Waals surface area contributed by atoms with Crippen LogP contribution in [0.5, 0.6) is 0 Å². The smallest absolute Gasteiger partial charge is 0.355 e. The first kappa shape index (κ1) is 59.7. The fourth-order valence-electron chi connectivity index (χ4n) is 7.43. The quantitative estimate of drug-likeness (QED) is 0.0223. The first-order valence-corrected chi connectivity index (χ1v) is 27.6. The number of carbonyl (C=O) groups is 4. The van der Waals surface area contributed by atoms with Crippen molar-refractivity contribution in [3.8, 4) is 0 Å². The molecule has 1 atom stereocenters. The predicted octanol–water partition coefficient (Wildman–Crippen LogP) is 15.1. The van der Waals surface area contributed by atoms with Gasteiger partial charge in [-0.3, -0.25) is 24.2 Å². The second kappa shape index (κ2) is 42.0. The largest absolute Gasteiger partial charge is 0.653 e. The minimum Gasteiger partial charge on any atom is -0.355 e. The van der Waals surface area contributed by atoms with E-state index in [2.05, 4.69) is 55.8 Å². The highest BCUT2D eigenvalue weighted by molar-refractivity contribution is 7.50. The lowest BCUT2D eigenvalue weighted by atomic mass is 10.0. The number of phosphoric ester groups is 1. The van der Waals surface area contributed by atoms with Crippen LogP contribution in [0.1, 0.15) is 255 Å². The Hall–Kier alpha value is -3.36. The van der Waals surface area contributed by atoms with Crippen molar-refractivity contribution in [3.05, 3.63) is 59.7 Å². The minimum atomic E-state index is -4.86. The van der Waals surface area contributed by atoms with Crippen molar-refractivity contribution in [2.24, 2.45) is 4.99 Å². The molecule has 0 spiro atoms. The number of Topliss-reactive ketones (excluding diaryl/α,β-unsaturated/α-hetero) is 1. The van der Waals surface area contributed by atoms with Gasteiger partial charge >= 0.3 is 25.7 Å². The van der Waals surface area contributed by atoms with Crippen molar-refractivity contribution in [3.63, 3.8) is 0 Å². The summed E-state index contributed by atoms with van der Waals surface area (Å²) in [6.45, 7) is 6.57. The number of aliphatic imine (C=N–C) groups is 1. The molecule has 1 aromatic rings. The standard InChI is InChI=1S/C54H91N2O8P/c1-4-6-8-10-12-14-16-18-20-22-24-26-28-30-35-39-52(58)62-65(61,63-53(59)40-36-31-29-27-25-23-21-19-17-15-13-11-9-7-5-2)64-54(60)45-46-56-47-49-41-43-50(44-42-49)51(57)38-34-32-33-37-48(3)55/h18-21,41-44,47-48H,4-17,22-40,45-46,55H2,1-3H3/p+1/b20-18-,21-19-,56-47?. The molecule has 0 amide bonds. The van der Waals surface area contributed by atoms with Crippen molar-refractivity contribution in [2.75, 3.05) is 6.54 Å². The zero-order valence-corrected chi connectivity index (χ0v) is 42.3. The summed E-state index contributed by atoms with van der Waals surface area (Å²) in [5.41, 5.74) is 5.40. The summed E-state index contributed by atoms with van der Waals surface area (Å²) in [6.07, 6.45) is 43.7. The monoisotopic (exact) mass is 928 g/mol. The molecule has 10 nitrogen and oxygen atoms in total. The first-order chi connectivity index (χ1) is 31.6. The normalized spacial score (nSPS) is 12.4. The zero-order valence-electron chi connectivity index (χ0n) is 41.4. The van der Waals surface area contributed by atoms with Crippen molar-refractivity contribution in [2.45, 2.75) is 245 Å². The number of ketones is 1. The van der Waals surface area contributed by atoms with Gasteiger partial charge in [0.25, 0.3) is 0 Å². The predicted molar refractivity (Wildman–Crippen MR) is 268 cm³/mol. The second-order valence-corrected chi connectivity index (χ2v) is 19.5. The molecule has 3 N–H and O–H groups in total. The van der Waals surface area contributed by atoms with Crippen LogP contribution in [0.15, 0.2) is 53.6 Å². The summed E-state index contributed by atoms with van der Waals surface area (Å²) >= 11 is 0. The third-order valence-electron chi connectivity index (χ3n) is 11.4.